The summed E-state index contributed by atoms with van der Waals surface area (Å²) in [6.07, 6.45) is 4.25. The van der Waals surface area contributed by atoms with Gasteiger partial charge in [-0.15, -0.1) is 0 Å². The highest BCUT2D eigenvalue weighted by Crippen LogP contribution is 2.24. The highest BCUT2D eigenvalue weighted by molar-refractivity contribution is 5.80. The molecule has 1 saturated heterocycles. The summed E-state index contributed by atoms with van der Waals surface area (Å²) in [6.45, 7) is 15.2. The number of hydrogen-bond donors (Lipinski definition) is 2. The van der Waals surface area contributed by atoms with E-state index in [-0.39, 0.29) is 12.1 Å². The Kier molecular flexibility index (Phi) is 8.29. The Morgan fingerprint density at radius 2 is 2.17 bits per heavy atom. The van der Waals surface area contributed by atoms with Gasteiger partial charge in [-0.2, -0.15) is 0 Å². The summed E-state index contributed by atoms with van der Waals surface area (Å²) >= 11 is 0. The lowest BCUT2D eigenvalue weighted by molar-refractivity contribution is 0.0507. The van der Waals surface area contributed by atoms with Gasteiger partial charge in [0.1, 0.15) is 5.60 Å². The predicted octanol–water partition coefficient (Wildman–Crippen LogP) is 3.39. The zero-order valence-electron chi connectivity index (χ0n) is 18.7. The molecule has 2 rings (SSSR count). The Balaban J connectivity index is 2.00. The van der Waals surface area contributed by atoms with Gasteiger partial charge in [0.15, 0.2) is 5.96 Å². The number of nitrogens with one attached hydrogen (secondary N) is 2. The van der Waals surface area contributed by atoms with Crippen LogP contribution in [0.15, 0.2) is 29.5 Å². The number of pyridine rings is 1. The van der Waals surface area contributed by atoms with E-state index in [1.807, 2.05) is 33.0 Å². The second-order valence-corrected chi connectivity index (χ2v) is 8.91. The summed E-state index contributed by atoms with van der Waals surface area (Å²) in [7, 11) is 0. The molecule has 0 aromatic carbocycles. The quantitative estimate of drug-likeness (QED) is 0.562. The van der Waals surface area contributed by atoms with Crippen LogP contribution >= 0.6 is 0 Å². The van der Waals surface area contributed by atoms with E-state index >= 15 is 0 Å². The van der Waals surface area contributed by atoms with Gasteiger partial charge >= 0.3 is 6.09 Å². The number of ether oxygens (including phenoxy) is 1. The lowest BCUT2D eigenvalue weighted by atomic mass is 9.89. The number of carbonyl (C=O) groups excluding carboxylic acids is 1. The number of likely N-dealkylation sites (tertiary alicyclic amines) is 1. The molecular weight excluding hydrogens is 366 g/mol. The molecule has 0 aliphatic carbocycles. The van der Waals surface area contributed by atoms with Crippen LogP contribution in [0.25, 0.3) is 0 Å². The molecule has 162 valence electrons. The fourth-order valence-electron chi connectivity index (χ4n) is 3.45. The average molecular weight is 404 g/mol. The van der Waals surface area contributed by atoms with Gasteiger partial charge in [-0.1, -0.05) is 19.9 Å². The van der Waals surface area contributed by atoms with Crippen LogP contribution in [-0.4, -0.2) is 59.8 Å². The van der Waals surface area contributed by atoms with Gasteiger partial charge in [0.25, 0.3) is 0 Å². The molecule has 7 nitrogen and oxygen atoms in total. The van der Waals surface area contributed by atoms with Crippen molar-refractivity contribution in [1.82, 2.24) is 20.5 Å². The van der Waals surface area contributed by atoms with Gasteiger partial charge in [0.05, 0.1) is 6.04 Å². The normalized spacial score (nSPS) is 18.7. The molecule has 1 aliphatic rings. The molecule has 1 aromatic heterocycles. The molecule has 29 heavy (non-hydrogen) atoms. The van der Waals surface area contributed by atoms with E-state index in [0.717, 1.165) is 32.0 Å². The van der Waals surface area contributed by atoms with Crippen molar-refractivity contribution in [2.75, 3.05) is 26.2 Å². The number of carbonyl (C=O) groups is 1. The summed E-state index contributed by atoms with van der Waals surface area (Å²) in [5.41, 5.74) is 0.727. The van der Waals surface area contributed by atoms with E-state index in [1.165, 1.54) is 5.56 Å². The molecule has 2 N–H and O–H groups in total. The Labute approximate surface area is 175 Å². The summed E-state index contributed by atoms with van der Waals surface area (Å²) in [6, 6.07) is 4.16. The molecule has 1 aromatic rings. The molecule has 0 saturated carbocycles. The molecule has 0 bridgehead atoms. The van der Waals surface area contributed by atoms with E-state index in [9.17, 15) is 4.79 Å². The second-order valence-electron chi connectivity index (χ2n) is 8.91. The van der Waals surface area contributed by atoms with Crippen LogP contribution in [0.5, 0.6) is 0 Å². The Hall–Kier alpha value is -2.31. The third-order valence-electron chi connectivity index (χ3n) is 4.90. The van der Waals surface area contributed by atoms with Gasteiger partial charge in [-0.05, 0) is 51.7 Å². The number of aromatic nitrogens is 1. The smallest absolute Gasteiger partial charge is 0.407 e. The van der Waals surface area contributed by atoms with Crippen LogP contribution < -0.4 is 10.6 Å². The zero-order chi connectivity index (χ0) is 21.4. The third-order valence-corrected chi connectivity index (χ3v) is 4.90. The zero-order valence-corrected chi connectivity index (χ0v) is 18.7. The van der Waals surface area contributed by atoms with Crippen molar-refractivity contribution in [2.45, 2.75) is 65.5 Å². The monoisotopic (exact) mass is 403 g/mol. The first-order valence-corrected chi connectivity index (χ1v) is 10.6. The number of alkyl carbamates (subject to hydrolysis) is 1. The molecule has 1 unspecified atom stereocenters. The maximum Gasteiger partial charge on any atom is 0.407 e. The highest BCUT2D eigenvalue weighted by Gasteiger charge is 2.28. The van der Waals surface area contributed by atoms with Gasteiger partial charge in [-0.3, -0.25) is 9.98 Å². The standard InChI is InChI=1S/C22H37N5O2/c1-7-24-20(25-14-19(16(2)3)17-9-8-11-23-13-17)27-12-10-18(15-27)26-21(28)29-22(4,5)6/h8-9,11,13,16,18-19H,7,10,12,14-15H2,1-6H3,(H,24,25)(H,26,28)/t18-,19?/m1/s1. The summed E-state index contributed by atoms with van der Waals surface area (Å²) in [4.78, 5) is 23.5. The Morgan fingerprint density at radius 3 is 2.76 bits per heavy atom. The minimum absolute atomic E-state index is 0.0629. The van der Waals surface area contributed by atoms with Crippen molar-refractivity contribution in [3.8, 4) is 0 Å². The molecular formula is C22H37N5O2. The van der Waals surface area contributed by atoms with Gasteiger partial charge in [0, 0.05) is 44.5 Å². The summed E-state index contributed by atoms with van der Waals surface area (Å²) in [5.74, 6) is 1.68. The van der Waals surface area contributed by atoms with Gasteiger partial charge in [0.2, 0.25) is 0 Å². The van der Waals surface area contributed by atoms with E-state index in [4.69, 9.17) is 9.73 Å². The topological polar surface area (TPSA) is 78.9 Å². The van der Waals surface area contributed by atoms with Crippen molar-refractivity contribution < 1.29 is 9.53 Å². The number of amides is 1. The summed E-state index contributed by atoms with van der Waals surface area (Å²) in [5, 5.41) is 6.38. The summed E-state index contributed by atoms with van der Waals surface area (Å²) < 4.78 is 5.38. The average Bonchev–Trinajstić information content (AvgIpc) is 3.08. The maximum absolute atomic E-state index is 12.1. The molecule has 7 heteroatoms. The molecule has 1 aliphatic heterocycles. The van der Waals surface area contributed by atoms with Gasteiger partial charge < -0.3 is 20.3 Å². The van der Waals surface area contributed by atoms with E-state index in [1.54, 1.807) is 6.20 Å². The van der Waals surface area contributed by atoms with Crippen LogP contribution in [0, 0.1) is 5.92 Å². The third kappa shape index (κ3) is 7.55. The Morgan fingerprint density at radius 1 is 1.41 bits per heavy atom. The minimum Gasteiger partial charge on any atom is -0.444 e. The number of rotatable bonds is 6. The minimum atomic E-state index is -0.489. The second kappa shape index (κ2) is 10.5. The lowest BCUT2D eigenvalue weighted by Crippen LogP contribution is -2.44. The number of aliphatic imine (C=N–C) groups is 1. The first-order chi connectivity index (χ1) is 13.7. The highest BCUT2D eigenvalue weighted by atomic mass is 16.6. The molecule has 0 spiro atoms. The Bertz CT molecular complexity index is 670. The number of guanidine groups is 1. The maximum atomic E-state index is 12.1. The van der Waals surface area contributed by atoms with E-state index in [2.05, 4.69) is 47.4 Å². The largest absolute Gasteiger partial charge is 0.444 e. The predicted molar refractivity (Wildman–Crippen MR) is 117 cm³/mol. The fraction of sp³-hybridized carbons (Fsp3) is 0.682. The van der Waals surface area contributed by atoms with Crippen molar-refractivity contribution in [3.05, 3.63) is 30.1 Å². The first-order valence-electron chi connectivity index (χ1n) is 10.6. The van der Waals surface area contributed by atoms with Crippen molar-refractivity contribution in [3.63, 3.8) is 0 Å². The molecule has 2 atom stereocenters. The van der Waals surface area contributed by atoms with Crippen molar-refractivity contribution in [1.29, 1.82) is 0 Å². The molecule has 1 fully saturated rings. The number of hydrogen-bond acceptors (Lipinski definition) is 4. The van der Waals surface area contributed by atoms with Crippen molar-refractivity contribution >= 4 is 12.1 Å². The molecule has 0 radical (unpaired) electrons. The van der Waals surface area contributed by atoms with Crippen LogP contribution in [0.2, 0.25) is 0 Å². The van der Waals surface area contributed by atoms with Crippen LogP contribution in [0.4, 0.5) is 4.79 Å². The van der Waals surface area contributed by atoms with Crippen LogP contribution in [0.1, 0.15) is 59.4 Å². The van der Waals surface area contributed by atoms with Crippen LogP contribution in [-0.2, 0) is 4.74 Å². The molecule has 2 heterocycles. The van der Waals surface area contributed by atoms with Crippen molar-refractivity contribution in [2.24, 2.45) is 10.9 Å². The van der Waals surface area contributed by atoms with E-state index < -0.39 is 5.60 Å². The first kappa shape index (κ1) is 23.0. The van der Waals surface area contributed by atoms with Gasteiger partial charge in [-0.25, -0.2) is 4.79 Å². The number of nitrogens with zero attached hydrogens (tertiary/aromatic N) is 3. The molecule has 1 amide bonds. The SMILES string of the molecule is CCNC(=NCC(c1cccnc1)C(C)C)N1CC[C@@H](NC(=O)OC(C)(C)C)C1. The van der Waals surface area contributed by atoms with Crippen LogP contribution in [0.3, 0.4) is 0 Å². The lowest BCUT2D eigenvalue weighted by Gasteiger charge is -2.25. The van der Waals surface area contributed by atoms with E-state index in [0.29, 0.717) is 18.4 Å². The fourth-order valence-corrected chi connectivity index (χ4v) is 3.45.